The van der Waals surface area contributed by atoms with Gasteiger partial charge in [0.05, 0.1) is 0 Å². The van der Waals surface area contributed by atoms with Gasteiger partial charge in [0.25, 0.3) is 0 Å². The average Bonchev–Trinajstić information content (AvgIpc) is 2.54. The summed E-state index contributed by atoms with van der Waals surface area (Å²) in [5, 5.41) is 0. The molecule has 22 heavy (non-hydrogen) atoms. The molecule has 0 heteroatoms. The fourth-order valence-electron chi connectivity index (χ4n) is 2.31. The molecule has 0 bridgehead atoms. The summed E-state index contributed by atoms with van der Waals surface area (Å²) in [6, 6.07) is 0. The molecule has 0 aliphatic rings. The first-order valence-corrected chi connectivity index (χ1v) is 8.92. The highest BCUT2D eigenvalue weighted by Gasteiger charge is 1.92. The van der Waals surface area contributed by atoms with Crippen molar-refractivity contribution in [2.75, 3.05) is 0 Å². The Morgan fingerprint density at radius 1 is 0.591 bits per heavy atom. The SMILES string of the molecule is C#CC=CCCCC#CCCCCCCCCCCCC#C. The van der Waals surface area contributed by atoms with Crippen molar-refractivity contribution in [3.05, 3.63) is 12.2 Å². The summed E-state index contributed by atoms with van der Waals surface area (Å²) in [7, 11) is 0. The van der Waals surface area contributed by atoms with E-state index in [0.717, 1.165) is 32.1 Å². The quantitative estimate of drug-likeness (QED) is 0.277. The van der Waals surface area contributed by atoms with Gasteiger partial charge >= 0.3 is 0 Å². The van der Waals surface area contributed by atoms with E-state index in [1.54, 1.807) is 6.08 Å². The standard InChI is InChI=1S/C22H32/c1-3-5-7-9-11-13-15-17-19-21-22-20-18-16-14-12-10-8-6-4-2/h1-2,5,7H,6,8-14,16,18-22H2. The second-order valence-corrected chi connectivity index (χ2v) is 5.70. The second-order valence-electron chi connectivity index (χ2n) is 5.70. The number of unbranched alkanes of at least 4 members (excludes halogenated alkanes) is 12. The van der Waals surface area contributed by atoms with Gasteiger partial charge in [-0.3, -0.25) is 0 Å². The monoisotopic (exact) mass is 296 g/mol. The molecule has 0 aromatic heterocycles. The van der Waals surface area contributed by atoms with Crippen molar-refractivity contribution < 1.29 is 0 Å². The molecular weight excluding hydrogens is 264 g/mol. The number of hydrogen-bond acceptors (Lipinski definition) is 0. The van der Waals surface area contributed by atoms with E-state index in [1.165, 1.54) is 57.8 Å². The maximum absolute atomic E-state index is 5.23. The number of terminal acetylenes is 2. The van der Waals surface area contributed by atoms with Gasteiger partial charge in [-0.2, -0.15) is 0 Å². The summed E-state index contributed by atoms with van der Waals surface area (Å²) in [4.78, 5) is 0. The average molecular weight is 296 g/mol. The van der Waals surface area contributed by atoms with E-state index in [1.807, 2.05) is 6.08 Å². The summed E-state index contributed by atoms with van der Waals surface area (Å²) in [6.07, 6.45) is 31.3. The van der Waals surface area contributed by atoms with Gasteiger partial charge in [-0.05, 0) is 31.8 Å². The van der Waals surface area contributed by atoms with Crippen LogP contribution in [0.3, 0.4) is 0 Å². The zero-order valence-electron chi connectivity index (χ0n) is 14.2. The van der Waals surface area contributed by atoms with Crippen molar-refractivity contribution in [3.8, 4) is 36.5 Å². The zero-order chi connectivity index (χ0) is 16.1. The van der Waals surface area contributed by atoms with Gasteiger partial charge < -0.3 is 0 Å². The Balaban J connectivity index is 3.13. The van der Waals surface area contributed by atoms with Crippen molar-refractivity contribution in [2.45, 2.75) is 89.9 Å². The molecule has 0 aromatic rings. The van der Waals surface area contributed by atoms with Gasteiger partial charge in [0.15, 0.2) is 0 Å². The molecule has 0 unspecified atom stereocenters. The summed E-state index contributed by atoms with van der Waals surface area (Å²) in [5.74, 6) is 11.7. The van der Waals surface area contributed by atoms with Crippen LogP contribution in [0.15, 0.2) is 12.2 Å². The molecule has 0 heterocycles. The van der Waals surface area contributed by atoms with Crippen molar-refractivity contribution in [1.29, 1.82) is 0 Å². The Bertz CT molecular complexity index is 388. The smallest absolute Gasteiger partial charge is 0.00916 e. The number of rotatable bonds is 13. The van der Waals surface area contributed by atoms with E-state index in [9.17, 15) is 0 Å². The van der Waals surface area contributed by atoms with Crippen molar-refractivity contribution in [2.24, 2.45) is 0 Å². The zero-order valence-corrected chi connectivity index (χ0v) is 14.2. The van der Waals surface area contributed by atoms with E-state index >= 15 is 0 Å². The summed E-state index contributed by atoms with van der Waals surface area (Å²) < 4.78 is 0. The Morgan fingerprint density at radius 3 is 1.64 bits per heavy atom. The molecule has 0 rings (SSSR count). The van der Waals surface area contributed by atoms with Gasteiger partial charge in [-0.1, -0.05) is 56.9 Å². The van der Waals surface area contributed by atoms with E-state index < -0.39 is 0 Å². The van der Waals surface area contributed by atoms with Crippen LogP contribution >= 0.6 is 0 Å². The van der Waals surface area contributed by atoms with Gasteiger partial charge in [-0.25, -0.2) is 0 Å². The Labute approximate surface area is 139 Å². The predicted octanol–water partition coefficient (Wildman–Crippen LogP) is 6.27. The van der Waals surface area contributed by atoms with E-state index in [2.05, 4.69) is 23.7 Å². The van der Waals surface area contributed by atoms with Gasteiger partial charge in [0.1, 0.15) is 0 Å². The molecule has 0 spiro atoms. The summed E-state index contributed by atoms with van der Waals surface area (Å²) in [5.41, 5.74) is 0. The molecular formula is C22H32. The molecule has 0 fully saturated rings. The number of allylic oxidation sites excluding steroid dienone is 2. The fraction of sp³-hybridized carbons (Fsp3) is 0.636. The van der Waals surface area contributed by atoms with Crippen LogP contribution in [0.25, 0.3) is 0 Å². The van der Waals surface area contributed by atoms with Crippen LogP contribution in [-0.4, -0.2) is 0 Å². The maximum atomic E-state index is 5.23. The molecule has 0 N–H and O–H groups in total. The highest BCUT2D eigenvalue weighted by atomic mass is 14.0. The second kappa shape index (κ2) is 19.4. The molecule has 0 atom stereocenters. The minimum absolute atomic E-state index is 0.947. The Morgan fingerprint density at radius 2 is 1.09 bits per heavy atom. The first-order chi connectivity index (χ1) is 10.9. The lowest BCUT2D eigenvalue weighted by molar-refractivity contribution is 0.563. The molecule has 120 valence electrons. The lowest BCUT2D eigenvalue weighted by atomic mass is 10.1. The van der Waals surface area contributed by atoms with Crippen LogP contribution in [0, 0.1) is 36.5 Å². The fourth-order valence-corrected chi connectivity index (χ4v) is 2.31. The van der Waals surface area contributed by atoms with Crippen molar-refractivity contribution in [3.63, 3.8) is 0 Å². The lowest BCUT2D eigenvalue weighted by Crippen LogP contribution is -1.81. The summed E-state index contributed by atoms with van der Waals surface area (Å²) in [6.45, 7) is 0. The Kier molecular flexibility index (Phi) is 18.0. The molecule has 0 saturated carbocycles. The van der Waals surface area contributed by atoms with Gasteiger partial charge in [0.2, 0.25) is 0 Å². The molecule has 0 aromatic carbocycles. The molecule has 0 aliphatic carbocycles. The van der Waals surface area contributed by atoms with Crippen LogP contribution in [0.2, 0.25) is 0 Å². The predicted molar refractivity (Wildman–Crippen MR) is 99.2 cm³/mol. The molecule has 0 amide bonds. The van der Waals surface area contributed by atoms with Crippen LogP contribution in [0.1, 0.15) is 89.9 Å². The number of hydrogen-bond donors (Lipinski definition) is 0. The highest BCUT2D eigenvalue weighted by Crippen LogP contribution is 2.11. The first-order valence-electron chi connectivity index (χ1n) is 8.92. The molecule has 0 radical (unpaired) electrons. The van der Waals surface area contributed by atoms with E-state index in [0.29, 0.717) is 0 Å². The topological polar surface area (TPSA) is 0 Å². The van der Waals surface area contributed by atoms with Crippen LogP contribution in [0.5, 0.6) is 0 Å². The van der Waals surface area contributed by atoms with Gasteiger partial charge in [0, 0.05) is 19.3 Å². The minimum atomic E-state index is 0.947. The van der Waals surface area contributed by atoms with Crippen LogP contribution < -0.4 is 0 Å². The molecule has 0 aliphatic heterocycles. The van der Waals surface area contributed by atoms with Gasteiger partial charge in [-0.15, -0.1) is 30.6 Å². The Hall–Kier alpha value is -1.58. The van der Waals surface area contributed by atoms with E-state index in [4.69, 9.17) is 12.8 Å². The third-order valence-corrected chi connectivity index (χ3v) is 3.63. The normalized spacial score (nSPS) is 9.91. The minimum Gasteiger partial charge on any atom is -0.120 e. The van der Waals surface area contributed by atoms with E-state index in [-0.39, 0.29) is 0 Å². The molecule has 0 nitrogen and oxygen atoms in total. The van der Waals surface area contributed by atoms with Crippen molar-refractivity contribution >= 4 is 0 Å². The maximum Gasteiger partial charge on any atom is 0.00916 e. The third-order valence-electron chi connectivity index (χ3n) is 3.63. The van der Waals surface area contributed by atoms with Crippen molar-refractivity contribution in [1.82, 2.24) is 0 Å². The summed E-state index contributed by atoms with van der Waals surface area (Å²) >= 11 is 0. The third kappa shape index (κ3) is 18.4. The van der Waals surface area contributed by atoms with Crippen LogP contribution in [-0.2, 0) is 0 Å². The molecule has 0 saturated heterocycles. The largest absolute Gasteiger partial charge is 0.120 e. The first kappa shape index (κ1) is 20.4. The lowest BCUT2D eigenvalue weighted by Gasteiger charge is -2.00. The highest BCUT2D eigenvalue weighted by molar-refractivity contribution is 5.08. The van der Waals surface area contributed by atoms with Crippen LogP contribution in [0.4, 0.5) is 0 Å².